The van der Waals surface area contributed by atoms with Gasteiger partial charge in [-0.2, -0.15) is 0 Å². The fourth-order valence-electron chi connectivity index (χ4n) is 1.25. The maximum absolute atomic E-state index is 11.5. The van der Waals surface area contributed by atoms with E-state index in [-0.39, 0.29) is 6.54 Å². The minimum Gasteiger partial charge on any atom is -0.329 e. The third-order valence-electron chi connectivity index (χ3n) is 2.04. The molecule has 0 aromatic heterocycles. The molecule has 0 saturated heterocycles. The highest BCUT2D eigenvalue weighted by Crippen LogP contribution is 2.19. The maximum Gasteiger partial charge on any atom is 0.219 e. The monoisotopic (exact) mass is 214 g/mol. The summed E-state index contributed by atoms with van der Waals surface area (Å²) in [6.07, 6.45) is 0. The molecule has 0 radical (unpaired) electrons. The Morgan fingerprint density at radius 1 is 1.36 bits per heavy atom. The Morgan fingerprint density at radius 3 is 2.36 bits per heavy atom. The van der Waals surface area contributed by atoms with Gasteiger partial charge in [-0.1, -0.05) is 30.3 Å². The van der Waals surface area contributed by atoms with E-state index in [0.717, 1.165) is 0 Å². The Kier molecular flexibility index (Phi) is 3.62. The zero-order chi connectivity index (χ0) is 10.6. The summed E-state index contributed by atoms with van der Waals surface area (Å²) in [5, 5.41) is -0.673. The SMILES string of the molecule is CNS(=O)(=O)C(CN)c1ccccc1. The summed E-state index contributed by atoms with van der Waals surface area (Å²) in [5.74, 6) is 0. The van der Waals surface area contributed by atoms with Crippen molar-refractivity contribution in [2.75, 3.05) is 13.6 Å². The van der Waals surface area contributed by atoms with Crippen LogP contribution >= 0.6 is 0 Å². The summed E-state index contributed by atoms with van der Waals surface area (Å²) >= 11 is 0. The maximum atomic E-state index is 11.5. The summed E-state index contributed by atoms with van der Waals surface area (Å²) < 4.78 is 25.4. The van der Waals surface area contributed by atoms with Crippen LogP contribution in [-0.2, 0) is 10.0 Å². The van der Waals surface area contributed by atoms with E-state index >= 15 is 0 Å². The quantitative estimate of drug-likeness (QED) is 0.754. The Hall–Kier alpha value is -0.910. The van der Waals surface area contributed by atoms with E-state index in [1.165, 1.54) is 7.05 Å². The molecule has 1 aromatic rings. The normalized spacial score (nSPS) is 13.9. The highest BCUT2D eigenvalue weighted by Gasteiger charge is 2.23. The molecule has 1 unspecified atom stereocenters. The molecule has 0 aliphatic heterocycles. The van der Waals surface area contributed by atoms with Crippen molar-refractivity contribution in [3.8, 4) is 0 Å². The van der Waals surface area contributed by atoms with Crippen molar-refractivity contribution in [2.24, 2.45) is 5.73 Å². The van der Waals surface area contributed by atoms with E-state index < -0.39 is 15.3 Å². The Labute approximate surface area is 84.2 Å². The van der Waals surface area contributed by atoms with Crippen LogP contribution in [-0.4, -0.2) is 22.0 Å². The molecule has 0 fully saturated rings. The topological polar surface area (TPSA) is 72.2 Å². The molecule has 1 atom stereocenters. The van der Waals surface area contributed by atoms with Crippen LogP contribution in [0.25, 0.3) is 0 Å². The van der Waals surface area contributed by atoms with Crippen molar-refractivity contribution >= 4 is 10.0 Å². The average Bonchev–Trinajstić information content (AvgIpc) is 2.20. The molecule has 0 aliphatic carbocycles. The van der Waals surface area contributed by atoms with Gasteiger partial charge in [0.05, 0.1) is 0 Å². The van der Waals surface area contributed by atoms with Gasteiger partial charge >= 0.3 is 0 Å². The first kappa shape index (κ1) is 11.2. The predicted octanol–water partition coefficient (Wildman–Crippen LogP) is 0.236. The minimum atomic E-state index is -3.34. The standard InChI is InChI=1S/C9H14N2O2S/c1-11-14(12,13)9(7-10)8-5-3-2-4-6-8/h2-6,9,11H,7,10H2,1H3. The molecule has 5 heteroatoms. The molecule has 0 aliphatic rings. The van der Waals surface area contributed by atoms with Gasteiger partial charge < -0.3 is 5.73 Å². The fourth-order valence-corrected chi connectivity index (χ4v) is 2.31. The van der Waals surface area contributed by atoms with Crippen LogP contribution < -0.4 is 10.5 Å². The predicted molar refractivity (Wildman–Crippen MR) is 56.2 cm³/mol. The second kappa shape index (κ2) is 4.54. The van der Waals surface area contributed by atoms with E-state index in [9.17, 15) is 8.42 Å². The van der Waals surface area contributed by atoms with E-state index in [1.807, 2.05) is 6.07 Å². The van der Waals surface area contributed by atoms with Crippen molar-refractivity contribution < 1.29 is 8.42 Å². The van der Waals surface area contributed by atoms with E-state index in [2.05, 4.69) is 4.72 Å². The lowest BCUT2D eigenvalue weighted by Crippen LogP contribution is -2.30. The number of rotatable bonds is 4. The summed E-state index contributed by atoms with van der Waals surface area (Å²) in [6, 6.07) is 8.94. The van der Waals surface area contributed by atoms with Gasteiger partial charge in [-0.05, 0) is 12.6 Å². The molecular weight excluding hydrogens is 200 g/mol. The van der Waals surface area contributed by atoms with Gasteiger partial charge in [0, 0.05) is 6.54 Å². The van der Waals surface area contributed by atoms with Gasteiger partial charge in [0.25, 0.3) is 0 Å². The average molecular weight is 214 g/mol. The molecule has 78 valence electrons. The first-order valence-electron chi connectivity index (χ1n) is 4.29. The van der Waals surface area contributed by atoms with Gasteiger partial charge in [-0.15, -0.1) is 0 Å². The van der Waals surface area contributed by atoms with E-state index in [0.29, 0.717) is 5.56 Å². The van der Waals surface area contributed by atoms with Crippen LogP contribution in [0, 0.1) is 0 Å². The number of benzene rings is 1. The minimum absolute atomic E-state index is 0.0766. The molecule has 0 spiro atoms. The van der Waals surface area contributed by atoms with Gasteiger partial charge in [-0.3, -0.25) is 0 Å². The molecule has 0 saturated carbocycles. The van der Waals surface area contributed by atoms with Crippen LogP contribution in [0.2, 0.25) is 0 Å². The number of nitrogens with two attached hydrogens (primary N) is 1. The van der Waals surface area contributed by atoms with Gasteiger partial charge in [0.15, 0.2) is 0 Å². The van der Waals surface area contributed by atoms with Crippen molar-refractivity contribution in [3.05, 3.63) is 35.9 Å². The van der Waals surface area contributed by atoms with Gasteiger partial charge in [0.2, 0.25) is 10.0 Å². The molecule has 4 nitrogen and oxygen atoms in total. The lowest BCUT2D eigenvalue weighted by molar-refractivity contribution is 0.574. The zero-order valence-electron chi connectivity index (χ0n) is 7.97. The molecular formula is C9H14N2O2S. The second-order valence-electron chi connectivity index (χ2n) is 2.88. The highest BCUT2D eigenvalue weighted by molar-refractivity contribution is 7.89. The molecule has 0 amide bonds. The van der Waals surface area contributed by atoms with Gasteiger partial charge in [-0.25, -0.2) is 13.1 Å². The number of hydrogen-bond acceptors (Lipinski definition) is 3. The second-order valence-corrected chi connectivity index (χ2v) is 4.95. The summed E-state index contributed by atoms with van der Waals surface area (Å²) in [7, 11) is -1.95. The van der Waals surface area contributed by atoms with Crippen molar-refractivity contribution in [1.82, 2.24) is 4.72 Å². The molecule has 1 rings (SSSR count). The van der Waals surface area contributed by atoms with E-state index in [4.69, 9.17) is 5.73 Å². The Morgan fingerprint density at radius 2 is 1.93 bits per heavy atom. The molecule has 14 heavy (non-hydrogen) atoms. The molecule has 0 heterocycles. The first-order chi connectivity index (χ1) is 6.61. The van der Waals surface area contributed by atoms with E-state index in [1.54, 1.807) is 24.3 Å². The summed E-state index contributed by atoms with van der Waals surface area (Å²) in [4.78, 5) is 0. The number of nitrogens with one attached hydrogen (secondary N) is 1. The Balaban J connectivity index is 3.06. The summed E-state index contributed by atoms with van der Waals surface area (Å²) in [6.45, 7) is 0.0766. The largest absolute Gasteiger partial charge is 0.329 e. The van der Waals surface area contributed by atoms with Crippen LogP contribution in [0.4, 0.5) is 0 Å². The van der Waals surface area contributed by atoms with Crippen LogP contribution in [0.5, 0.6) is 0 Å². The third kappa shape index (κ3) is 2.31. The molecule has 3 N–H and O–H groups in total. The van der Waals surface area contributed by atoms with Crippen LogP contribution in [0.1, 0.15) is 10.8 Å². The van der Waals surface area contributed by atoms with Crippen LogP contribution in [0.3, 0.4) is 0 Å². The van der Waals surface area contributed by atoms with Crippen molar-refractivity contribution in [1.29, 1.82) is 0 Å². The fraction of sp³-hybridized carbons (Fsp3) is 0.333. The summed E-state index contributed by atoms with van der Waals surface area (Å²) in [5.41, 5.74) is 6.16. The first-order valence-corrected chi connectivity index (χ1v) is 5.84. The van der Waals surface area contributed by atoms with Gasteiger partial charge in [0.1, 0.15) is 5.25 Å². The number of hydrogen-bond donors (Lipinski definition) is 2. The third-order valence-corrected chi connectivity index (χ3v) is 3.83. The van der Waals surface area contributed by atoms with Crippen molar-refractivity contribution in [2.45, 2.75) is 5.25 Å². The molecule has 0 bridgehead atoms. The van der Waals surface area contributed by atoms with Crippen LogP contribution in [0.15, 0.2) is 30.3 Å². The number of sulfonamides is 1. The zero-order valence-corrected chi connectivity index (χ0v) is 8.79. The smallest absolute Gasteiger partial charge is 0.219 e. The lowest BCUT2D eigenvalue weighted by Gasteiger charge is -2.14. The Bertz CT molecular complexity index is 375. The van der Waals surface area contributed by atoms with Crippen molar-refractivity contribution in [3.63, 3.8) is 0 Å². The highest BCUT2D eigenvalue weighted by atomic mass is 32.2. The lowest BCUT2D eigenvalue weighted by atomic mass is 10.1. The molecule has 1 aromatic carbocycles.